The fraction of sp³-hybridized carbons (Fsp3) is 0.361. The minimum Gasteiger partial charge on any atom is -0.455 e. The Hall–Kier alpha value is -3.39. The lowest BCUT2D eigenvalue weighted by atomic mass is 9.87. The summed E-state index contributed by atoms with van der Waals surface area (Å²) in [7, 11) is 2.21. The van der Waals surface area contributed by atoms with Gasteiger partial charge in [0.1, 0.15) is 18.2 Å². The van der Waals surface area contributed by atoms with Crippen LogP contribution in [0.3, 0.4) is 0 Å². The Labute approximate surface area is 226 Å². The van der Waals surface area contributed by atoms with E-state index in [9.17, 15) is 0 Å². The first kappa shape index (κ1) is 23.7. The van der Waals surface area contributed by atoms with Gasteiger partial charge in [0.25, 0.3) is 0 Å². The smallest absolute Gasteiger partial charge is 0.221 e. The van der Waals surface area contributed by atoms with Crippen LogP contribution in [0.4, 0.5) is 0 Å². The van der Waals surface area contributed by atoms with Crippen LogP contribution in [0, 0.1) is 25.7 Å². The van der Waals surface area contributed by atoms with Crippen molar-refractivity contribution in [1.82, 2.24) is 0 Å². The highest BCUT2D eigenvalue weighted by atomic mass is 16.3. The second-order valence-corrected chi connectivity index (χ2v) is 12.4. The molecule has 0 radical (unpaired) electrons. The highest BCUT2D eigenvalue weighted by Gasteiger charge is 2.36. The summed E-state index contributed by atoms with van der Waals surface area (Å²) >= 11 is 0. The lowest BCUT2D eigenvalue weighted by molar-refractivity contribution is -0.672. The second kappa shape index (κ2) is 8.83. The predicted molar refractivity (Wildman–Crippen MR) is 159 cm³/mol. The highest BCUT2D eigenvalue weighted by molar-refractivity contribution is 6.20. The number of aryl methyl sites for hydroxylation is 2. The maximum absolute atomic E-state index is 6.69. The molecule has 2 heteroatoms. The average molecular weight is 501 g/mol. The fourth-order valence-electron chi connectivity index (χ4n) is 7.33. The molecule has 1 saturated carbocycles. The van der Waals surface area contributed by atoms with Crippen molar-refractivity contribution >= 4 is 43.9 Å². The predicted octanol–water partition coefficient (Wildman–Crippen LogP) is 9.23. The van der Waals surface area contributed by atoms with Crippen molar-refractivity contribution in [2.75, 3.05) is 0 Å². The summed E-state index contributed by atoms with van der Waals surface area (Å²) in [6, 6.07) is 18.2. The molecule has 0 spiro atoms. The van der Waals surface area contributed by atoms with E-state index in [4.69, 9.17) is 4.42 Å². The maximum Gasteiger partial charge on any atom is 0.221 e. The van der Waals surface area contributed by atoms with Gasteiger partial charge >= 0.3 is 0 Å². The first-order valence-corrected chi connectivity index (χ1v) is 14.5. The van der Waals surface area contributed by atoms with E-state index >= 15 is 0 Å². The molecule has 192 valence electrons. The van der Waals surface area contributed by atoms with Crippen LogP contribution in [0.25, 0.3) is 43.9 Å². The third kappa shape index (κ3) is 3.56. The molecular formula is C36H38NO+. The molecule has 0 unspecified atom stereocenters. The number of hydrogen-bond acceptors (Lipinski definition) is 1. The number of allylic oxidation sites excluding steroid dienone is 1. The summed E-state index contributed by atoms with van der Waals surface area (Å²) in [5, 5.41) is 5.23. The van der Waals surface area contributed by atoms with Crippen LogP contribution in [0.2, 0.25) is 0 Å². The molecule has 1 fully saturated rings. The van der Waals surface area contributed by atoms with Crippen LogP contribution in [0.15, 0.2) is 59.1 Å². The maximum atomic E-state index is 6.69. The van der Waals surface area contributed by atoms with Crippen LogP contribution in [-0.4, -0.2) is 0 Å². The van der Waals surface area contributed by atoms with E-state index in [1.54, 1.807) is 0 Å². The van der Waals surface area contributed by atoms with Crippen LogP contribution >= 0.6 is 0 Å². The van der Waals surface area contributed by atoms with E-state index in [1.807, 2.05) is 0 Å². The van der Waals surface area contributed by atoms with Gasteiger partial charge < -0.3 is 4.42 Å². The quantitative estimate of drug-likeness (QED) is 0.220. The molecule has 0 aliphatic heterocycles. The summed E-state index contributed by atoms with van der Waals surface area (Å²) in [5.74, 6) is 1.40. The second-order valence-electron chi connectivity index (χ2n) is 12.4. The molecule has 5 aromatic rings. The van der Waals surface area contributed by atoms with E-state index in [0.717, 1.165) is 23.5 Å². The SMILES string of the molecule is Cc1cc2c(oc3ccccc32)c(C2=C(CC(C)C)c3cc(CC4CCCC4)cc4cc[n+](C)c2c34)c1C. The number of rotatable bonds is 5. The molecule has 3 aromatic carbocycles. The molecule has 0 N–H and O–H groups in total. The van der Waals surface area contributed by atoms with Gasteiger partial charge in [0.15, 0.2) is 6.20 Å². The average Bonchev–Trinajstić information content (AvgIpc) is 3.60. The van der Waals surface area contributed by atoms with Crippen molar-refractivity contribution in [1.29, 1.82) is 0 Å². The lowest BCUT2D eigenvalue weighted by Crippen LogP contribution is -2.32. The molecule has 0 atom stereocenters. The standard InChI is InChI=1S/C36H38NO/c1-21(2)16-28-29-20-25(18-24-10-6-7-11-24)19-26-14-15-37(5)35(33(26)29)34(28)32-23(4)22(3)17-30-27-12-8-9-13-31(27)38-36(30)32/h8-9,12-15,17,19-21,24H,6-7,10-11,16,18H2,1-5H3/q+1. The summed E-state index contributed by atoms with van der Waals surface area (Å²) in [6.07, 6.45) is 10.1. The minimum atomic E-state index is 0.560. The van der Waals surface area contributed by atoms with Gasteiger partial charge in [0.05, 0.1) is 11.0 Å². The van der Waals surface area contributed by atoms with Crippen LogP contribution < -0.4 is 4.57 Å². The van der Waals surface area contributed by atoms with Gasteiger partial charge in [-0.1, -0.05) is 69.9 Å². The number of pyridine rings is 1. The van der Waals surface area contributed by atoms with Crippen molar-refractivity contribution in [3.63, 3.8) is 0 Å². The number of aromatic nitrogens is 1. The van der Waals surface area contributed by atoms with Gasteiger partial charge in [-0.05, 0) is 83.9 Å². The third-order valence-electron chi connectivity index (χ3n) is 9.21. The Bertz CT molecular complexity index is 1770. The zero-order valence-electron chi connectivity index (χ0n) is 23.4. The fourth-order valence-corrected chi connectivity index (χ4v) is 7.33. The van der Waals surface area contributed by atoms with Gasteiger partial charge in [-0.15, -0.1) is 0 Å². The highest BCUT2D eigenvalue weighted by Crippen LogP contribution is 2.50. The normalized spacial score (nSPS) is 15.8. The topological polar surface area (TPSA) is 17.0 Å². The molecule has 38 heavy (non-hydrogen) atoms. The van der Waals surface area contributed by atoms with E-state index in [1.165, 1.54) is 98.3 Å². The molecule has 0 bridgehead atoms. The van der Waals surface area contributed by atoms with Crippen LogP contribution in [0.1, 0.15) is 79.5 Å². The van der Waals surface area contributed by atoms with Crippen molar-refractivity contribution < 1.29 is 8.98 Å². The molecule has 2 nitrogen and oxygen atoms in total. The van der Waals surface area contributed by atoms with Gasteiger partial charge in [-0.3, -0.25) is 0 Å². The van der Waals surface area contributed by atoms with E-state index < -0.39 is 0 Å². The van der Waals surface area contributed by atoms with E-state index in [0.29, 0.717) is 5.92 Å². The summed E-state index contributed by atoms with van der Waals surface area (Å²) in [6.45, 7) is 9.25. The first-order chi connectivity index (χ1) is 18.4. The van der Waals surface area contributed by atoms with Gasteiger partial charge in [-0.2, -0.15) is 0 Å². The molecular weight excluding hydrogens is 462 g/mol. The monoisotopic (exact) mass is 500 g/mol. The largest absolute Gasteiger partial charge is 0.455 e. The Kier molecular flexibility index (Phi) is 5.51. The molecule has 2 aromatic heterocycles. The number of para-hydroxylation sites is 1. The molecule has 7 rings (SSSR count). The Balaban J connectivity index is 1.56. The van der Waals surface area contributed by atoms with E-state index in [-0.39, 0.29) is 0 Å². The number of furan rings is 1. The molecule has 2 heterocycles. The Morgan fingerprint density at radius 2 is 1.76 bits per heavy atom. The number of fused-ring (bicyclic) bond motifs is 3. The van der Waals surface area contributed by atoms with Crippen molar-refractivity contribution in [2.24, 2.45) is 18.9 Å². The minimum absolute atomic E-state index is 0.560. The Morgan fingerprint density at radius 1 is 0.974 bits per heavy atom. The van der Waals surface area contributed by atoms with Crippen LogP contribution in [0.5, 0.6) is 0 Å². The molecule has 0 saturated heterocycles. The van der Waals surface area contributed by atoms with Gasteiger partial charge in [0, 0.05) is 22.4 Å². The van der Waals surface area contributed by atoms with E-state index in [2.05, 4.69) is 94.0 Å². The van der Waals surface area contributed by atoms with Gasteiger partial charge in [0.2, 0.25) is 5.69 Å². The summed E-state index contributed by atoms with van der Waals surface area (Å²) in [4.78, 5) is 0. The number of benzene rings is 3. The number of nitrogens with zero attached hydrogens (tertiary/aromatic N) is 1. The zero-order valence-corrected chi connectivity index (χ0v) is 23.4. The van der Waals surface area contributed by atoms with Crippen LogP contribution in [-0.2, 0) is 13.5 Å². The first-order valence-electron chi connectivity index (χ1n) is 14.5. The lowest BCUT2D eigenvalue weighted by Gasteiger charge is -2.15. The zero-order chi connectivity index (χ0) is 26.1. The van der Waals surface area contributed by atoms with Gasteiger partial charge in [-0.25, -0.2) is 4.57 Å². The molecule has 0 amide bonds. The van der Waals surface area contributed by atoms with Crippen molar-refractivity contribution in [3.05, 3.63) is 88.2 Å². The molecule has 2 aliphatic carbocycles. The number of hydrogen-bond donors (Lipinski definition) is 0. The van der Waals surface area contributed by atoms with Crippen molar-refractivity contribution in [2.45, 2.75) is 66.2 Å². The summed E-state index contributed by atoms with van der Waals surface area (Å²) in [5.41, 5.74) is 13.1. The van der Waals surface area contributed by atoms with Crippen molar-refractivity contribution in [3.8, 4) is 0 Å². The third-order valence-corrected chi connectivity index (χ3v) is 9.21. The Morgan fingerprint density at radius 3 is 2.55 bits per heavy atom. The molecule has 2 aliphatic rings. The summed E-state index contributed by atoms with van der Waals surface area (Å²) < 4.78 is 9.04.